The molecule has 0 saturated heterocycles. The summed E-state index contributed by atoms with van der Waals surface area (Å²) in [6.07, 6.45) is 1.70. The molecule has 0 aliphatic carbocycles. The van der Waals surface area contributed by atoms with E-state index in [0.717, 1.165) is 18.1 Å². The molecular formula is C21H33IN4O3. The molecule has 0 fully saturated rings. The summed E-state index contributed by atoms with van der Waals surface area (Å²) in [5, 5.41) is 6.51. The third kappa shape index (κ3) is 8.12. The van der Waals surface area contributed by atoms with Crippen LogP contribution in [0.1, 0.15) is 46.3 Å². The van der Waals surface area contributed by atoms with E-state index in [1.807, 2.05) is 38.1 Å². The largest absolute Gasteiger partial charge is 0.493 e. The first-order valence-electron chi connectivity index (χ1n) is 9.60. The number of aromatic nitrogens is 1. The Bertz CT molecular complexity index is 771. The van der Waals surface area contributed by atoms with Gasteiger partial charge >= 0.3 is 0 Å². The van der Waals surface area contributed by atoms with Crippen molar-refractivity contribution in [2.24, 2.45) is 4.99 Å². The van der Waals surface area contributed by atoms with Crippen molar-refractivity contribution in [3.8, 4) is 11.5 Å². The fourth-order valence-corrected chi connectivity index (χ4v) is 2.43. The zero-order valence-corrected chi connectivity index (χ0v) is 20.4. The van der Waals surface area contributed by atoms with Gasteiger partial charge < -0.3 is 24.5 Å². The average molecular weight is 516 g/mol. The molecule has 0 radical (unpaired) electrons. The molecule has 1 aromatic heterocycles. The molecule has 2 N–H and O–H groups in total. The Morgan fingerprint density at radius 3 is 2.48 bits per heavy atom. The molecule has 0 amide bonds. The summed E-state index contributed by atoms with van der Waals surface area (Å²) in [5.74, 6) is 3.58. The number of para-hydroxylation sites is 2. The van der Waals surface area contributed by atoms with Crippen molar-refractivity contribution in [1.29, 1.82) is 0 Å². The molecule has 1 heterocycles. The minimum atomic E-state index is -0.0746. The van der Waals surface area contributed by atoms with Crippen molar-refractivity contribution in [3.05, 3.63) is 42.1 Å². The van der Waals surface area contributed by atoms with Crippen LogP contribution in [0.5, 0.6) is 11.5 Å². The topological polar surface area (TPSA) is 80.9 Å². The number of halogens is 1. The number of aliphatic imine (C=N–C) groups is 1. The van der Waals surface area contributed by atoms with Gasteiger partial charge in [0.1, 0.15) is 18.4 Å². The maximum atomic E-state index is 5.97. The molecule has 0 aliphatic heterocycles. The van der Waals surface area contributed by atoms with Gasteiger partial charge in [-0.25, -0.2) is 9.98 Å². The lowest BCUT2D eigenvalue weighted by molar-refractivity contribution is 0.213. The van der Waals surface area contributed by atoms with E-state index in [1.165, 1.54) is 0 Å². The Labute approximate surface area is 190 Å². The predicted octanol–water partition coefficient (Wildman–Crippen LogP) is 4.12. The first-order valence-corrected chi connectivity index (χ1v) is 9.60. The van der Waals surface area contributed by atoms with Crippen molar-refractivity contribution in [3.63, 3.8) is 0 Å². The third-order valence-corrected chi connectivity index (χ3v) is 3.96. The number of hydrogen-bond donors (Lipinski definition) is 2. The Morgan fingerprint density at radius 1 is 1.21 bits per heavy atom. The third-order valence-electron chi connectivity index (χ3n) is 3.96. The van der Waals surface area contributed by atoms with Gasteiger partial charge in [-0.1, -0.05) is 32.9 Å². The molecule has 0 saturated carbocycles. The first-order chi connectivity index (χ1) is 13.3. The molecule has 7 nitrogen and oxygen atoms in total. The maximum Gasteiger partial charge on any atom is 0.216 e. The van der Waals surface area contributed by atoms with Crippen molar-refractivity contribution >= 4 is 29.9 Å². The van der Waals surface area contributed by atoms with E-state index in [4.69, 9.17) is 13.9 Å². The number of hydrogen-bond acceptors (Lipinski definition) is 5. The fourth-order valence-electron chi connectivity index (χ4n) is 2.43. The summed E-state index contributed by atoms with van der Waals surface area (Å²) in [7, 11) is 1.63. The Hall–Kier alpha value is -1.97. The normalized spacial score (nSPS) is 12.7. The zero-order valence-electron chi connectivity index (χ0n) is 18.1. The van der Waals surface area contributed by atoms with Crippen LogP contribution < -0.4 is 20.1 Å². The summed E-state index contributed by atoms with van der Waals surface area (Å²) < 4.78 is 17.1. The van der Waals surface area contributed by atoms with E-state index in [-0.39, 0.29) is 35.5 Å². The van der Waals surface area contributed by atoms with Crippen LogP contribution in [0.15, 0.2) is 39.9 Å². The number of benzene rings is 1. The summed E-state index contributed by atoms with van der Waals surface area (Å²) in [5.41, 5.74) is -0.0665. The quantitative estimate of drug-likeness (QED) is 0.312. The van der Waals surface area contributed by atoms with Gasteiger partial charge in [-0.15, -0.1) is 24.0 Å². The Balaban J connectivity index is 0.00000420. The van der Waals surface area contributed by atoms with E-state index in [9.17, 15) is 0 Å². The van der Waals surface area contributed by atoms with Crippen LogP contribution in [0.3, 0.4) is 0 Å². The Morgan fingerprint density at radius 2 is 1.90 bits per heavy atom. The van der Waals surface area contributed by atoms with Crippen molar-refractivity contribution < 1.29 is 13.9 Å². The molecule has 0 bridgehead atoms. The van der Waals surface area contributed by atoms with Gasteiger partial charge in [0.05, 0.1) is 19.9 Å². The van der Waals surface area contributed by atoms with E-state index in [2.05, 4.69) is 41.4 Å². The monoisotopic (exact) mass is 516 g/mol. The lowest BCUT2D eigenvalue weighted by Gasteiger charge is -2.19. The van der Waals surface area contributed by atoms with Crippen LogP contribution in [0.25, 0.3) is 0 Å². The summed E-state index contributed by atoms with van der Waals surface area (Å²) in [4.78, 5) is 8.87. The number of ether oxygens (including phenoxy) is 2. The fraction of sp³-hybridized carbons (Fsp3) is 0.524. The smallest absolute Gasteiger partial charge is 0.216 e. The van der Waals surface area contributed by atoms with E-state index in [0.29, 0.717) is 30.7 Å². The molecule has 0 spiro atoms. The second kappa shape index (κ2) is 11.9. The van der Waals surface area contributed by atoms with Gasteiger partial charge in [0, 0.05) is 12.0 Å². The minimum absolute atomic E-state index is 0. The Kier molecular flexibility index (Phi) is 10.3. The van der Waals surface area contributed by atoms with Crippen LogP contribution in [-0.4, -0.2) is 37.2 Å². The summed E-state index contributed by atoms with van der Waals surface area (Å²) in [6.45, 7) is 12.0. The van der Waals surface area contributed by atoms with Crippen LogP contribution in [0.2, 0.25) is 0 Å². The number of oxazole rings is 1. The van der Waals surface area contributed by atoms with Crippen LogP contribution in [-0.2, 0) is 12.0 Å². The number of rotatable bonds is 8. The second-order valence-corrected chi connectivity index (χ2v) is 7.52. The lowest BCUT2D eigenvalue weighted by Crippen LogP contribution is -2.41. The molecule has 29 heavy (non-hydrogen) atoms. The number of methoxy groups -OCH3 is 1. The highest BCUT2D eigenvalue weighted by Gasteiger charge is 2.19. The molecule has 162 valence electrons. The molecule has 8 heteroatoms. The van der Waals surface area contributed by atoms with Gasteiger partial charge in [-0.05, 0) is 26.0 Å². The van der Waals surface area contributed by atoms with Gasteiger partial charge in [0.25, 0.3) is 0 Å². The molecule has 2 rings (SSSR count). The molecular weight excluding hydrogens is 483 g/mol. The average Bonchev–Trinajstić information content (AvgIpc) is 3.14. The predicted molar refractivity (Wildman–Crippen MR) is 127 cm³/mol. The highest BCUT2D eigenvalue weighted by atomic mass is 127. The van der Waals surface area contributed by atoms with Crippen LogP contribution >= 0.6 is 24.0 Å². The van der Waals surface area contributed by atoms with Crippen molar-refractivity contribution in [1.82, 2.24) is 15.6 Å². The number of guanidine groups is 1. The van der Waals surface area contributed by atoms with Gasteiger partial charge in [-0.2, -0.15) is 0 Å². The molecule has 1 atom stereocenters. The standard InChI is InChI=1S/C21H32N4O3.HI/c1-7-22-20(25-14-19-23-13-18(28-19)21(3,4)5)24-12-15(2)27-17-11-9-8-10-16(17)26-6;/h8-11,13,15H,7,12,14H2,1-6H3,(H2,22,24,25);1H. The van der Waals surface area contributed by atoms with E-state index in [1.54, 1.807) is 13.3 Å². The SMILES string of the molecule is CCNC(=NCc1ncc(C(C)(C)C)o1)NCC(C)Oc1ccccc1OC.I. The molecule has 1 unspecified atom stereocenters. The van der Waals surface area contributed by atoms with Crippen LogP contribution in [0.4, 0.5) is 0 Å². The second-order valence-electron chi connectivity index (χ2n) is 7.52. The number of nitrogens with zero attached hydrogens (tertiary/aromatic N) is 2. The molecule has 0 aliphatic rings. The highest BCUT2D eigenvalue weighted by molar-refractivity contribution is 14.0. The van der Waals surface area contributed by atoms with Gasteiger partial charge in [0.15, 0.2) is 17.5 Å². The van der Waals surface area contributed by atoms with Gasteiger partial charge in [-0.3, -0.25) is 0 Å². The lowest BCUT2D eigenvalue weighted by atomic mass is 9.94. The van der Waals surface area contributed by atoms with Gasteiger partial charge in [0.2, 0.25) is 5.89 Å². The molecule has 1 aromatic carbocycles. The highest BCUT2D eigenvalue weighted by Crippen LogP contribution is 2.26. The minimum Gasteiger partial charge on any atom is -0.493 e. The maximum absolute atomic E-state index is 5.97. The summed E-state index contributed by atoms with van der Waals surface area (Å²) >= 11 is 0. The van der Waals surface area contributed by atoms with E-state index >= 15 is 0 Å². The van der Waals surface area contributed by atoms with E-state index < -0.39 is 0 Å². The van der Waals surface area contributed by atoms with Crippen LogP contribution in [0, 0.1) is 0 Å². The zero-order chi connectivity index (χ0) is 20.6. The van der Waals surface area contributed by atoms with Crippen molar-refractivity contribution in [2.75, 3.05) is 20.2 Å². The summed E-state index contributed by atoms with van der Waals surface area (Å²) in [6, 6.07) is 7.61. The molecule has 2 aromatic rings. The first kappa shape index (κ1) is 25.1. The van der Waals surface area contributed by atoms with Crippen molar-refractivity contribution in [2.45, 2.75) is 52.7 Å². The number of nitrogens with one attached hydrogen (secondary N) is 2.